The molecule has 0 fully saturated rings. The van der Waals surface area contributed by atoms with E-state index < -0.39 is 0 Å². The van der Waals surface area contributed by atoms with E-state index in [1.165, 1.54) is 18.2 Å². The molecule has 1 atom stereocenters. The normalized spacial score (nSPS) is 12.3. The number of rotatable bonds is 3. The Morgan fingerprint density at radius 2 is 2.33 bits per heavy atom. The molecular formula is C10H12BrFN2O. The molecule has 82 valence electrons. The number of nitrogens with one attached hydrogen (secondary N) is 1. The first-order valence-electron chi connectivity index (χ1n) is 4.49. The molecule has 0 saturated carbocycles. The summed E-state index contributed by atoms with van der Waals surface area (Å²) in [5, 5.41) is 2.63. The van der Waals surface area contributed by atoms with Gasteiger partial charge in [0.25, 0.3) is 0 Å². The molecule has 0 aliphatic carbocycles. The van der Waals surface area contributed by atoms with Gasteiger partial charge in [0.15, 0.2) is 0 Å². The predicted molar refractivity (Wildman–Crippen MR) is 61.0 cm³/mol. The fourth-order valence-electron chi connectivity index (χ4n) is 1.08. The number of hydrogen-bond acceptors (Lipinski definition) is 2. The second kappa shape index (κ2) is 5.23. The highest BCUT2D eigenvalue weighted by molar-refractivity contribution is 9.10. The maximum atomic E-state index is 12.9. The number of carbonyl (C=O) groups excluding carboxylic acids is 1. The van der Waals surface area contributed by atoms with Crippen molar-refractivity contribution in [2.45, 2.75) is 19.4 Å². The molecule has 1 amide bonds. The van der Waals surface area contributed by atoms with Gasteiger partial charge in [-0.3, -0.25) is 4.79 Å². The van der Waals surface area contributed by atoms with Gasteiger partial charge < -0.3 is 11.1 Å². The van der Waals surface area contributed by atoms with E-state index in [0.29, 0.717) is 10.2 Å². The summed E-state index contributed by atoms with van der Waals surface area (Å²) in [5.41, 5.74) is 6.02. The minimum absolute atomic E-state index is 0.177. The molecule has 0 heterocycles. The van der Waals surface area contributed by atoms with Crippen LogP contribution in [0.3, 0.4) is 0 Å². The summed E-state index contributed by atoms with van der Waals surface area (Å²) in [6, 6.07) is 4.10. The molecule has 0 bridgehead atoms. The van der Waals surface area contributed by atoms with Gasteiger partial charge in [-0.25, -0.2) is 4.39 Å². The van der Waals surface area contributed by atoms with Crippen molar-refractivity contribution in [2.75, 3.05) is 5.32 Å². The SMILES string of the molecule is CC(N)CC(=O)Nc1ccc(F)c(Br)c1. The van der Waals surface area contributed by atoms with E-state index in [9.17, 15) is 9.18 Å². The first kappa shape index (κ1) is 12.1. The molecule has 15 heavy (non-hydrogen) atoms. The average molecular weight is 275 g/mol. The monoisotopic (exact) mass is 274 g/mol. The van der Waals surface area contributed by atoms with Crippen molar-refractivity contribution in [3.8, 4) is 0 Å². The minimum atomic E-state index is -0.361. The zero-order valence-electron chi connectivity index (χ0n) is 8.26. The molecule has 5 heteroatoms. The van der Waals surface area contributed by atoms with E-state index in [2.05, 4.69) is 21.2 Å². The van der Waals surface area contributed by atoms with E-state index in [0.717, 1.165) is 0 Å². The molecule has 0 spiro atoms. The Hall–Kier alpha value is -0.940. The van der Waals surface area contributed by atoms with Gasteiger partial charge in [-0.05, 0) is 41.1 Å². The molecule has 3 N–H and O–H groups in total. The third-order valence-corrected chi connectivity index (χ3v) is 2.32. The Labute approximate surface area is 96.0 Å². The third-order valence-electron chi connectivity index (χ3n) is 1.71. The van der Waals surface area contributed by atoms with Crippen LogP contribution in [-0.2, 0) is 4.79 Å². The van der Waals surface area contributed by atoms with Crippen molar-refractivity contribution < 1.29 is 9.18 Å². The van der Waals surface area contributed by atoms with Crippen LogP contribution in [0.5, 0.6) is 0 Å². The maximum Gasteiger partial charge on any atom is 0.225 e. The smallest absolute Gasteiger partial charge is 0.225 e. The van der Waals surface area contributed by atoms with Crippen molar-refractivity contribution in [3.05, 3.63) is 28.5 Å². The number of halogens is 2. The second-order valence-electron chi connectivity index (χ2n) is 3.36. The van der Waals surface area contributed by atoms with Gasteiger partial charge in [-0.15, -0.1) is 0 Å². The lowest BCUT2D eigenvalue weighted by Gasteiger charge is -2.07. The Morgan fingerprint density at radius 3 is 2.87 bits per heavy atom. The lowest BCUT2D eigenvalue weighted by atomic mass is 10.2. The largest absolute Gasteiger partial charge is 0.327 e. The van der Waals surface area contributed by atoms with Crippen LogP contribution in [0.2, 0.25) is 0 Å². The number of hydrogen-bond donors (Lipinski definition) is 2. The van der Waals surface area contributed by atoms with E-state index in [-0.39, 0.29) is 24.2 Å². The van der Waals surface area contributed by atoms with Gasteiger partial charge in [0.2, 0.25) is 5.91 Å². The van der Waals surface area contributed by atoms with Crippen molar-refractivity contribution in [3.63, 3.8) is 0 Å². The fourth-order valence-corrected chi connectivity index (χ4v) is 1.46. The summed E-state index contributed by atoms with van der Waals surface area (Å²) in [5.74, 6) is -0.538. The van der Waals surface area contributed by atoms with Crippen molar-refractivity contribution >= 4 is 27.5 Å². The molecule has 3 nitrogen and oxygen atoms in total. The van der Waals surface area contributed by atoms with E-state index in [1.807, 2.05) is 0 Å². The van der Waals surface area contributed by atoms with Crippen molar-refractivity contribution in [1.82, 2.24) is 0 Å². The van der Waals surface area contributed by atoms with E-state index in [4.69, 9.17) is 5.73 Å². The summed E-state index contributed by atoms with van der Waals surface area (Å²) >= 11 is 3.04. The van der Waals surface area contributed by atoms with Gasteiger partial charge in [0, 0.05) is 18.2 Å². The standard InChI is InChI=1S/C10H12BrFN2O/c1-6(13)4-10(15)14-7-2-3-9(12)8(11)5-7/h2-3,5-6H,4,13H2,1H3,(H,14,15). The molecular weight excluding hydrogens is 263 g/mol. The molecule has 1 unspecified atom stereocenters. The minimum Gasteiger partial charge on any atom is -0.327 e. The van der Waals surface area contributed by atoms with Crippen LogP contribution in [0.25, 0.3) is 0 Å². The Kier molecular flexibility index (Phi) is 4.23. The number of amides is 1. The summed E-state index contributed by atoms with van der Waals surface area (Å²) in [7, 11) is 0. The van der Waals surface area contributed by atoms with Crippen LogP contribution in [0.15, 0.2) is 22.7 Å². The zero-order chi connectivity index (χ0) is 11.4. The molecule has 0 saturated heterocycles. The molecule has 1 aromatic rings. The maximum absolute atomic E-state index is 12.9. The average Bonchev–Trinajstić information content (AvgIpc) is 2.10. The molecule has 0 aromatic heterocycles. The van der Waals surface area contributed by atoms with Gasteiger partial charge in [-0.2, -0.15) is 0 Å². The molecule has 1 aromatic carbocycles. The van der Waals surface area contributed by atoms with Crippen molar-refractivity contribution in [2.24, 2.45) is 5.73 Å². The van der Waals surface area contributed by atoms with E-state index in [1.54, 1.807) is 6.92 Å². The van der Waals surface area contributed by atoms with Gasteiger partial charge in [0.1, 0.15) is 5.82 Å². The topological polar surface area (TPSA) is 55.1 Å². The number of carbonyl (C=O) groups is 1. The molecule has 0 aliphatic rings. The summed E-state index contributed by atoms with van der Waals surface area (Å²) < 4.78 is 13.2. The quantitative estimate of drug-likeness (QED) is 0.889. The third kappa shape index (κ3) is 3.97. The van der Waals surface area contributed by atoms with Crippen LogP contribution < -0.4 is 11.1 Å². The lowest BCUT2D eigenvalue weighted by Crippen LogP contribution is -2.23. The Morgan fingerprint density at radius 1 is 1.67 bits per heavy atom. The highest BCUT2D eigenvalue weighted by Crippen LogP contribution is 2.20. The number of benzene rings is 1. The Balaban J connectivity index is 2.65. The highest BCUT2D eigenvalue weighted by atomic mass is 79.9. The highest BCUT2D eigenvalue weighted by Gasteiger charge is 2.06. The summed E-state index contributed by atoms with van der Waals surface area (Å²) in [4.78, 5) is 11.3. The van der Waals surface area contributed by atoms with Crippen LogP contribution >= 0.6 is 15.9 Å². The van der Waals surface area contributed by atoms with Crippen molar-refractivity contribution in [1.29, 1.82) is 0 Å². The first-order chi connectivity index (χ1) is 6.99. The first-order valence-corrected chi connectivity index (χ1v) is 5.29. The number of nitrogens with two attached hydrogens (primary N) is 1. The molecule has 0 radical (unpaired) electrons. The second-order valence-corrected chi connectivity index (χ2v) is 4.21. The lowest BCUT2D eigenvalue weighted by molar-refractivity contribution is -0.116. The molecule has 0 aliphatic heterocycles. The predicted octanol–water partition coefficient (Wildman–Crippen LogP) is 2.26. The fraction of sp³-hybridized carbons (Fsp3) is 0.300. The van der Waals surface area contributed by atoms with Crippen LogP contribution in [0.1, 0.15) is 13.3 Å². The van der Waals surface area contributed by atoms with Crippen LogP contribution in [0.4, 0.5) is 10.1 Å². The van der Waals surface area contributed by atoms with Gasteiger partial charge in [-0.1, -0.05) is 0 Å². The summed E-state index contributed by atoms with van der Waals surface area (Å²) in [6.07, 6.45) is 0.245. The van der Waals surface area contributed by atoms with Crippen LogP contribution in [-0.4, -0.2) is 11.9 Å². The summed E-state index contributed by atoms with van der Waals surface area (Å²) in [6.45, 7) is 1.75. The van der Waals surface area contributed by atoms with Gasteiger partial charge in [0.05, 0.1) is 4.47 Å². The van der Waals surface area contributed by atoms with Gasteiger partial charge >= 0.3 is 0 Å². The molecule has 1 rings (SSSR count). The van der Waals surface area contributed by atoms with Crippen LogP contribution in [0, 0.1) is 5.82 Å². The zero-order valence-corrected chi connectivity index (χ0v) is 9.84. The van der Waals surface area contributed by atoms with E-state index >= 15 is 0 Å². The number of anilines is 1. The Bertz CT molecular complexity index is 368.